The summed E-state index contributed by atoms with van der Waals surface area (Å²) < 4.78 is 2.05. The second-order valence-corrected chi connectivity index (χ2v) is 5.63. The molecule has 20 heavy (non-hydrogen) atoms. The van der Waals surface area contributed by atoms with Gasteiger partial charge in [-0.2, -0.15) is 0 Å². The van der Waals surface area contributed by atoms with Crippen molar-refractivity contribution < 1.29 is 0 Å². The topological polar surface area (TPSA) is 41.4 Å². The Kier molecular flexibility index (Phi) is 9.71. The van der Waals surface area contributed by atoms with Crippen LogP contribution in [0.2, 0.25) is 0 Å². The van der Waals surface area contributed by atoms with Crippen molar-refractivity contribution in [3.05, 3.63) is 24.0 Å². The first kappa shape index (κ1) is 19.3. The highest BCUT2D eigenvalue weighted by Gasteiger charge is 2.06. The Labute approximate surface area is 140 Å². The number of hydrogen-bond donors (Lipinski definition) is 2. The van der Waals surface area contributed by atoms with Crippen LogP contribution < -0.4 is 10.6 Å². The molecule has 0 amide bonds. The van der Waals surface area contributed by atoms with Gasteiger partial charge in [0, 0.05) is 39.1 Å². The third-order valence-electron chi connectivity index (χ3n) is 3.14. The number of hydrogen-bond acceptors (Lipinski definition) is 1. The Bertz CT molecular complexity index is 398. The van der Waals surface area contributed by atoms with Crippen molar-refractivity contribution in [1.82, 2.24) is 15.2 Å². The fourth-order valence-electron chi connectivity index (χ4n) is 1.93. The minimum atomic E-state index is 0. The van der Waals surface area contributed by atoms with E-state index in [1.807, 2.05) is 14.1 Å². The molecule has 0 fully saturated rings. The van der Waals surface area contributed by atoms with Gasteiger partial charge in [-0.15, -0.1) is 24.0 Å². The number of nitrogens with one attached hydrogen (secondary N) is 2. The number of rotatable bonds is 6. The summed E-state index contributed by atoms with van der Waals surface area (Å²) in [5.41, 5.74) is 1.26. The van der Waals surface area contributed by atoms with Gasteiger partial charge in [0.05, 0.1) is 0 Å². The predicted octanol–water partition coefficient (Wildman–Crippen LogP) is 3.13. The molecule has 0 spiro atoms. The van der Waals surface area contributed by atoms with Crippen LogP contribution in [0.1, 0.15) is 39.2 Å². The lowest BCUT2D eigenvalue weighted by Gasteiger charge is -2.18. The smallest absolute Gasteiger partial charge is 0.191 e. The van der Waals surface area contributed by atoms with E-state index < -0.39 is 0 Å². The summed E-state index contributed by atoms with van der Waals surface area (Å²) in [5.74, 6) is 1.63. The van der Waals surface area contributed by atoms with Crippen LogP contribution in [0.5, 0.6) is 0 Å². The fourth-order valence-corrected chi connectivity index (χ4v) is 1.93. The summed E-state index contributed by atoms with van der Waals surface area (Å²) in [4.78, 5) is 4.26. The molecule has 0 aliphatic rings. The number of halogens is 1. The third-order valence-corrected chi connectivity index (χ3v) is 3.14. The number of aliphatic imine (C=N–C) groups is 1. The van der Waals surface area contributed by atoms with Crippen LogP contribution in [-0.2, 0) is 13.6 Å². The van der Waals surface area contributed by atoms with Crippen molar-refractivity contribution in [3.8, 4) is 0 Å². The van der Waals surface area contributed by atoms with Crippen molar-refractivity contribution in [2.45, 2.75) is 46.2 Å². The van der Waals surface area contributed by atoms with Gasteiger partial charge in [0.25, 0.3) is 0 Å². The summed E-state index contributed by atoms with van der Waals surface area (Å²) in [5, 5.41) is 6.77. The van der Waals surface area contributed by atoms with Gasteiger partial charge in [0.2, 0.25) is 0 Å². The molecular weight excluding hydrogens is 363 g/mol. The van der Waals surface area contributed by atoms with E-state index in [0.717, 1.165) is 18.4 Å². The normalized spacial score (nSPS) is 13.0. The Morgan fingerprint density at radius 3 is 2.50 bits per heavy atom. The largest absolute Gasteiger partial charge is 0.357 e. The summed E-state index contributed by atoms with van der Waals surface area (Å²) in [7, 11) is 3.85. The second kappa shape index (κ2) is 10.1. The van der Waals surface area contributed by atoms with Gasteiger partial charge in [0.1, 0.15) is 0 Å². The molecule has 1 rings (SSSR count). The average molecular weight is 392 g/mol. The maximum Gasteiger partial charge on any atom is 0.191 e. The summed E-state index contributed by atoms with van der Waals surface area (Å²) >= 11 is 0. The van der Waals surface area contributed by atoms with Gasteiger partial charge in [-0.1, -0.05) is 13.8 Å². The molecule has 0 saturated carbocycles. The van der Waals surface area contributed by atoms with Crippen LogP contribution >= 0.6 is 24.0 Å². The lowest BCUT2D eigenvalue weighted by molar-refractivity contribution is 0.489. The molecule has 0 aromatic carbocycles. The Morgan fingerprint density at radius 1 is 1.30 bits per heavy atom. The number of aromatic nitrogens is 1. The molecule has 2 N–H and O–H groups in total. The Balaban J connectivity index is 0.00000361. The molecule has 5 heteroatoms. The zero-order valence-corrected chi connectivity index (χ0v) is 15.6. The molecule has 1 unspecified atom stereocenters. The molecule has 0 aliphatic heterocycles. The average Bonchev–Trinajstić information content (AvgIpc) is 2.77. The van der Waals surface area contributed by atoms with E-state index in [-0.39, 0.29) is 24.0 Å². The monoisotopic (exact) mass is 392 g/mol. The molecule has 0 aliphatic carbocycles. The van der Waals surface area contributed by atoms with Crippen molar-refractivity contribution in [3.63, 3.8) is 0 Å². The van der Waals surface area contributed by atoms with E-state index in [4.69, 9.17) is 0 Å². The zero-order chi connectivity index (χ0) is 14.3. The van der Waals surface area contributed by atoms with Crippen molar-refractivity contribution in [2.75, 3.05) is 7.05 Å². The van der Waals surface area contributed by atoms with Gasteiger partial charge in [0.15, 0.2) is 5.96 Å². The van der Waals surface area contributed by atoms with Gasteiger partial charge >= 0.3 is 0 Å². The molecule has 0 radical (unpaired) electrons. The fraction of sp³-hybridized carbons (Fsp3) is 0.667. The molecule has 1 heterocycles. The SMILES string of the molecule is CN=C(NCc1ccn(C)c1)NC(C)CCC(C)C.I. The van der Waals surface area contributed by atoms with Crippen molar-refractivity contribution in [2.24, 2.45) is 18.0 Å². The summed E-state index contributed by atoms with van der Waals surface area (Å²) in [6, 6.07) is 2.56. The van der Waals surface area contributed by atoms with Gasteiger partial charge in [-0.05, 0) is 37.3 Å². The van der Waals surface area contributed by atoms with E-state index in [9.17, 15) is 0 Å². The van der Waals surface area contributed by atoms with Crippen molar-refractivity contribution >= 4 is 29.9 Å². The molecule has 4 nitrogen and oxygen atoms in total. The Morgan fingerprint density at radius 2 is 2.00 bits per heavy atom. The van der Waals surface area contributed by atoms with Crippen molar-refractivity contribution in [1.29, 1.82) is 0 Å². The number of nitrogens with zero attached hydrogens (tertiary/aromatic N) is 2. The predicted molar refractivity (Wildman–Crippen MR) is 97.7 cm³/mol. The quantitative estimate of drug-likeness (QED) is 0.444. The van der Waals surface area contributed by atoms with E-state index >= 15 is 0 Å². The minimum Gasteiger partial charge on any atom is -0.357 e. The molecule has 0 saturated heterocycles. The van der Waals surface area contributed by atoms with Gasteiger partial charge in [-0.3, -0.25) is 4.99 Å². The van der Waals surface area contributed by atoms with E-state index in [0.29, 0.717) is 6.04 Å². The standard InChI is InChI=1S/C15H28N4.HI/c1-12(2)6-7-13(3)18-15(16-4)17-10-14-8-9-19(5)11-14;/h8-9,11-13H,6-7,10H2,1-5H3,(H2,16,17,18);1H. The third kappa shape index (κ3) is 7.77. The highest BCUT2D eigenvalue weighted by atomic mass is 127. The van der Waals surface area contributed by atoms with Crippen LogP contribution in [0.15, 0.2) is 23.5 Å². The minimum absolute atomic E-state index is 0. The first-order valence-corrected chi connectivity index (χ1v) is 7.09. The number of guanidine groups is 1. The Hall–Kier alpha value is -0.720. The van der Waals surface area contributed by atoms with Gasteiger partial charge in [-0.25, -0.2) is 0 Å². The highest BCUT2D eigenvalue weighted by Crippen LogP contribution is 2.06. The van der Waals surface area contributed by atoms with Gasteiger partial charge < -0.3 is 15.2 Å². The lowest BCUT2D eigenvalue weighted by atomic mass is 10.0. The van der Waals surface area contributed by atoms with E-state index in [2.05, 4.69) is 59.4 Å². The first-order chi connectivity index (χ1) is 9.01. The van der Waals surface area contributed by atoms with Crippen LogP contribution in [0, 0.1) is 5.92 Å². The maximum atomic E-state index is 4.26. The molecule has 1 aromatic rings. The lowest BCUT2D eigenvalue weighted by Crippen LogP contribution is -2.41. The summed E-state index contributed by atoms with van der Waals surface area (Å²) in [6.07, 6.45) is 6.58. The molecule has 116 valence electrons. The highest BCUT2D eigenvalue weighted by molar-refractivity contribution is 14.0. The van der Waals surface area contributed by atoms with Crippen LogP contribution in [0.4, 0.5) is 0 Å². The summed E-state index contributed by atoms with van der Waals surface area (Å²) in [6.45, 7) is 7.53. The first-order valence-electron chi connectivity index (χ1n) is 7.09. The number of aryl methyl sites for hydroxylation is 1. The zero-order valence-electron chi connectivity index (χ0n) is 13.3. The molecule has 0 bridgehead atoms. The molecule has 1 aromatic heterocycles. The maximum absolute atomic E-state index is 4.26. The second-order valence-electron chi connectivity index (χ2n) is 5.63. The molecule has 1 atom stereocenters. The van der Waals surface area contributed by atoms with Crippen LogP contribution in [-0.4, -0.2) is 23.6 Å². The van der Waals surface area contributed by atoms with E-state index in [1.54, 1.807) is 0 Å². The van der Waals surface area contributed by atoms with E-state index in [1.165, 1.54) is 18.4 Å². The van der Waals surface area contributed by atoms with Crippen LogP contribution in [0.25, 0.3) is 0 Å². The molecular formula is C15H29IN4. The van der Waals surface area contributed by atoms with Crippen LogP contribution in [0.3, 0.4) is 0 Å².